The van der Waals surface area contributed by atoms with E-state index in [-0.39, 0.29) is 11.4 Å². The van der Waals surface area contributed by atoms with Crippen LogP contribution < -0.4 is 19.6 Å². The Labute approximate surface area is 219 Å². The first-order valence-corrected chi connectivity index (χ1v) is 12.4. The van der Waals surface area contributed by atoms with Crippen molar-refractivity contribution in [2.45, 2.75) is 0 Å². The molecule has 0 saturated heterocycles. The second-order valence-electron chi connectivity index (χ2n) is 8.34. The summed E-state index contributed by atoms with van der Waals surface area (Å²) in [5.74, 6) is 1.19. The van der Waals surface area contributed by atoms with Gasteiger partial charge in [0.1, 0.15) is 11.5 Å². The Balaban J connectivity index is 1.49. The lowest BCUT2D eigenvalue weighted by atomic mass is 10.1. The molecule has 38 heavy (non-hydrogen) atoms. The maximum absolute atomic E-state index is 13.3. The predicted molar refractivity (Wildman–Crippen MR) is 143 cm³/mol. The molecular formula is C28H20FN5O3S. The number of halogens is 1. The van der Waals surface area contributed by atoms with Gasteiger partial charge in [-0.2, -0.15) is 14.6 Å². The summed E-state index contributed by atoms with van der Waals surface area (Å²) in [4.78, 5) is 18.2. The van der Waals surface area contributed by atoms with Gasteiger partial charge < -0.3 is 9.47 Å². The summed E-state index contributed by atoms with van der Waals surface area (Å²) >= 11 is 1.23. The number of nitrogens with zero attached hydrogens (tertiary/aromatic N) is 5. The van der Waals surface area contributed by atoms with Crippen molar-refractivity contribution < 1.29 is 13.9 Å². The van der Waals surface area contributed by atoms with Crippen LogP contribution in [0.15, 0.2) is 83.8 Å². The van der Waals surface area contributed by atoms with E-state index in [0.717, 1.165) is 16.8 Å². The summed E-state index contributed by atoms with van der Waals surface area (Å²) < 4.78 is 27.7. The van der Waals surface area contributed by atoms with Gasteiger partial charge in [0.2, 0.25) is 4.96 Å². The second kappa shape index (κ2) is 9.56. The average molecular weight is 526 g/mol. The van der Waals surface area contributed by atoms with Crippen LogP contribution in [0.1, 0.15) is 5.56 Å². The monoisotopic (exact) mass is 525 g/mol. The van der Waals surface area contributed by atoms with Gasteiger partial charge in [0.15, 0.2) is 17.3 Å². The lowest BCUT2D eigenvalue weighted by Gasteiger charge is -2.09. The van der Waals surface area contributed by atoms with E-state index in [1.165, 1.54) is 28.0 Å². The van der Waals surface area contributed by atoms with Crippen molar-refractivity contribution in [1.82, 2.24) is 24.4 Å². The van der Waals surface area contributed by atoms with Gasteiger partial charge in [0, 0.05) is 22.9 Å². The zero-order valence-electron chi connectivity index (χ0n) is 20.3. The van der Waals surface area contributed by atoms with Crippen molar-refractivity contribution in [2.75, 3.05) is 14.2 Å². The van der Waals surface area contributed by atoms with Gasteiger partial charge in [0.05, 0.1) is 24.4 Å². The van der Waals surface area contributed by atoms with Crippen molar-refractivity contribution >= 4 is 22.4 Å². The van der Waals surface area contributed by atoms with Crippen molar-refractivity contribution in [1.29, 1.82) is 0 Å². The number of thiazole rings is 1. The van der Waals surface area contributed by atoms with Crippen LogP contribution in [0.5, 0.6) is 11.5 Å². The Bertz CT molecular complexity index is 1880. The molecule has 0 unspecified atom stereocenters. The smallest absolute Gasteiger partial charge is 0.291 e. The SMILES string of the molecule is COc1ccc(-c2nn(-c3ccccc3)cc2/C=c2\sc3nc(-c4ccc(F)cc4)nn3c2=O)cc1OC. The molecular weight excluding hydrogens is 505 g/mol. The van der Waals surface area contributed by atoms with Crippen LogP contribution in [0.2, 0.25) is 0 Å². The van der Waals surface area contributed by atoms with Crippen LogP contribution in [-0.4, -0.2) is 38.6 Å². The normalized spacial score (nSPS) is 11.8. The average Bonchev–Trinajstić information content (AvgIpc) is 3.64. The topological polar surface area (TPSA) is 83.5 Å². The molecule has 0 aliphatic rings. The highest BCUT2D eigenvalue weighted by Crippen LogP contribution is 2.33. The maximum Gasteiger partial charge on any atom is 0.291 e. The number of benzene rings is 3. The van der Waals surface area contributed by atoms with E-state index in [2.05, 4.69) is 10.1 Å². The molecule has 10 heteroatoms. The van der Waals surface area contributed by atoms with Crippen LogP contribution in [0.25, 0.3) is 39.4 Å². The van der Waals surface area contributed by atoms with Crippen LogP contribution in [0, 0.1) is 5.82 Å². The molecule has 0 fully saturated rings. The minimum Gasteiger partial charge on any atom is -0.493 e. The van der Waals surface area contributed by atoms with E-state index in [9.17, 15) is 9.18 Å². The van der Waals surface area contributed by atoms with E-state index >= 15 is 0 Å². The van der Waals surface area contributed by atoms with Crippen molar-refractivity contribution in [3.8, 4) is 39.8 Å². The Morgan fingerprint density at radius 1 is 0.895 bits per heavy atom. The zero-order chi connectivity index (χ0) is 26.2. The van der Waals surface area contributed by atoms with Gasteiger partial charge in [-0.1, -0.05) is 29.5 Å². The van der Waals surface area contributed by atoms with Gasteiger partial charge in [0.25, 0.3) is 5.56 Å². The van der Waals surface area contributed by atoms with Gasteiger partial charge in [-0.3, -0.25) is 4.79 Å². The van der Waals surface area contributed by atoms with E-state index in [0.29, 0.717) is 38.1 Å². The number of ether oxygens (including phenoxy) is 2. The lowest BCUT2D eigenvalue weighted by Crippen LogP contribution is -2.23. The number of methoxy groups -OCH3 is 2. The summed E-state index contributed by atoms with van der Waals surface area (Å²) in [6, 6.07) is 21.1. The fourth-order valence-corrected chi connectivity index (χ4v) is 5.01. The van der Waals surface area contributed by atoms with Crippen molar-refractivity contribution in [2.24, 2.45) is 0 Å². The van der Waals surface area contributed by atoms with E-state index in [4.69, 9.17) is 14.6 Å². The molecule has 6 aromatic rings. The van der Waals surface area contributed by atoms with Gasteiger partial charge in [-0.15, -0.1) is 5.10 Å². The quantitative estimate of drug-likeness (QED) is 0.321. The highest BCUT2D eigenvalue weighted by atomic mass is 32.1. The highest BCUT2D eigenvalue weighted by molar-refractivity contribution is 7.15. The molecule has 0 amide bonds. The highest BCUT2D eigenvalue weighted by Gasteiger charge is 2.16. The van der Waals surface area contributed by atoms with Gasteiger partial charge in [-0.05, 0) is 60.7 Å². The summed E-state index contributed by atoms with van der Waals surface area (Å²) in [5, 5.41) is 9.19. The van der Waals surface area contributed by atoms with Gasteiger partial charge >= 0.3 is 0 Å². The summed E-state index contributed by atoms with van der Waals surface area (Å²) in [5.41, 5.74) is 3.42. The number of hydrogen-bond acceptors (Lipinski definition) is 7. The number of aromatic nitrogens is 5. The Kier molecular flexibility index (Phi) is 5.93. The number of hydrogen-bond donors (Lipinski definition) is 0. The molecule has 0 aliphatic heterocycles. The minimum absolute atomic E-state index is 0.295. The third-order valence-corrected chi connectivity index (χ3v) is 6.95. The van der Waals surface area contributed by atoms with Crippen LogP contribution in [0.3, 0.4) is 0 Å². The summed E-state index contributed by atoms with van der Waals surface area (Å²) in [6.07, 6.45) is 3.67. The van der Waals surface area contributed by atoms with Crippen LogP contribution >= 0.6 is 11.3 Å². The molecule has 6 rings (SSSR count). The van der Waals surface area contributed by atoms with Crippen molar-refractivity contribution in [3.63, 3.8) is 0 Å². The third kappa shape index (κ3) is 4.20. The largest absolute Gasteiger partial charge is 0.493 e. The zero-order valence-corrected chi connectivity index (χ0v) is 21.1. The number of para-hydroxylation sites is 1. The Morgan fingerprint density at radius 3 is 2.34 bits per heavy atom. The molecule has 0 bridgehead atoms. The standard InChI is InChI=1S/C28H20FN5O3S/c1-36-22-13-10-18(14-23(22)37-2)25-19(16-33(31-25)21-6-4-3-5-7-21)15-24-27(35)34-28(38-24)30-26(32-34)17-8-11-20(29)12-9-17/h3-16H,1-2H3/b24-15-. The Hall–Kier alpha value is -4.83. The molecule has 8 nitrogen and oxygen atoms in total. The Morgan fingerprint density at radius 2 is 1.63 bits per heavy atom. The third-order valence-electron chi connectivity index (χ3n) is 5.99. The van der Waals surface area contributed by atoms with Crippen LogP contribution in [-0.2, 0) is 0 Å². The maximum atomic E-state index is 13.3. The first kappa shape index (κ1) is 23.6. The number of fused-ring (bicyclic) bond motifs is 1. The molecule has 3 aromatic carbocycles. The number of rotatable bonds is 6. The molecule has 188 valence electrons. The molecule has 0 spiro atoms. The van der Waals surface area contributed by atoms with E-state index in [1.54, 1.807) is 37.1 Å². The van der Waals surface area contributed by atoms with Crippen molar-refractivity contribution in [3.05, 3.63) is 105 Å². The molecule has 0 aliphatic carbocycles. The first-order valence-electron chi connectivity index (χ1n) is 11.6. The minimum atomic E-state index is -0.350. The molecule has 0 radical (unpaired) electrons. The first-order chi connectivity index (χ1) is 18.5. The molecule has 0 N–H and O–H groups in total. The molecule has 0 saturated carbocycles. The van der Waals surface area contributed by atoms with Crippen LogP contribution in [0.4, 0.5) is 4.39 Å². The molecule has 0 atom stereocenters. The predicted octanol–water partition coefficient (Wildman–Crippen LogP) is 4.37. The molecule has 3 aromatic heterocycles. The molecule has 3 heterocycles. The summed E-state index contributed by atoms with van der Waals surface area (Å²) in [6.45, 7) is 0. The van der Waals surface area contributed by atoms with E-state index < -0.39 is 0 Å². The summed E-state index contributed by atoms with van der Waals surface area (Å²) in [7, 11) is 3.16. The van der Waals surface area contributed by atoms with E-state index in [1.807, 2.05) is 54.7 Å². The lowest BCUT2D eigenvalue weighted by molar-refractivity contribution is 0.355. The second-order valence-corrected chi connectivity index (χ2v) is 9.34. The van der Waals surface area contributed by atoms with Gasteiger partial charge in [-0.25, -0.2) is 9.07 Å². The fraction of sp³-hybridized carbons (Fsp3) is 0.0714. The fourth-order valence-electron chi connectivity index (χ4n) is 4.11.